The zero-order valence-electron chi connectivity index (χ0n) is 19.6. The second-order valence-electron chi connectivity index (χ2n) is 8.48. The first-order chi connectivity index (χ1) is 16.3. The Labute approximate surface area is 202 Å². The van der Waals surface area contributed by atoms with Gasteiger partial charge in [-0.1, -0.05) is 26.0 Å². The molecule has 0 saturated heterocycles. The Morgan fingerprint density at radius 1 is 0.886 bits per heavy atom. The van der Waals surface area contributed by atoms with E-state index in [1.807, 2.05) is 0 Å². The van der Waals surface area contributed by atoms with Crippen LogP contribution < -0.4 is 27.4 Å². The van der Waals surface area contributed by atoms with Gasteiger partial charge >= 0.3 is 5.97 Å². The number of phenols is 1. The number of aromatic hydroxyl groups is 1. The lowest BCUT2D eigenvalue weighted by Crippen LogP contribution is -2.58. The summed E-state index contributed by atoms with van der Waals surface area (Å²) in [4.78, 5) is 60.5. The Balaban J connectivity index is 2.84. The average Bonchev–Trinajstić information content (AvgIpc) is 2.76. The maximum atomic E-state index is 12.6. The predicted molar refractivity (Wildman–Crippen MR) is 124 cm³/mol. The first-order valence-corrected chi connectivity index (χ1v) is 10.9. The van der Waals surface area contributed by atoms with Crippen LogP contribution in [-0.4, -0.2) is 75.7 Å². The number of carboxylic acid groups (broad SMARTS) is 1. The van der Waals surface area contributed by atoms with E-state index in [1.54, 1.807) is 26.0 Å². The van der Waals surface area contributed by atoms with E-state index < -0.39 is 66.8 Å². The Morgan fingerprint density at radius 2 is 1.40 bits per heavy atom. The highest BCUT2D eigenvalue weighted by atomic mass is 16.4. The van der Waals surface area contributed by atoms with Crippen molar-refractivity contribution in [3.8, 4) is 5.75 Å². The molecule has 13 nitrogen and oxygen atoms in total. The molecule has 4 amide bonds. The van der Waals surface area contributed by atoms with Crippen LogP contribution in [0.2, 0.25) is 0 Å². The molecule has 13 heteroatoms. The van der Waals surface area contributed by atoms with E-state index in [1.165, 1.54) is 12.1 Å². The summed E-state index contributed by atoms with van der Waals surface area (Å²) < 4.78 is 0. The second-order valence-corrected chi connectivity index (χ2v) is 8.48. The summed E-state index contributed by atoms with van der Waals surface area (Å²) in [5.74, 6) is -5.00. The summed E-state index contributed by atoms with van der Waals surface area (Å²) in [6.07, 6.45) is -0.463. The fourth-order valence-corrected chi connectivity index (χ4v) is 3.10. The van der Waals surface area contributed by atoms with Gasteiger partial charge in [-0.3, -0.25) is 19.2 Å². The van der Waals surface area contributed by atoms with Gasteiger partial charge in [0.2, 0.25) is 23.6 Å². The summed E-state index contributed by atoms with van der Waals surface area (Å²) in [5.41, 5.74) is 11.7. The molecule has 0 aromatic heterocycles. The first kappa shape index (κ1) is 29.3. The van der Waals surface area contributed by atoms with Gasteiger partial charge < -0.3 is 42.7 Å². The predicted octanol–water partition coefficient (Wildman–Crippen LogP) is -2.29. The average molecular weight is 496 g/mol. The molecule has 194 valence electrons. The second kappa shape index (κ2) is 13.9. The maximum absolute atomic E-state index is 12.6. The van der Waals surface area contributed by atoms with Crippen LogP contribution in [0.5, 0.6) is 5.75 Å². The van der Waals surface area contributed by atoms with E-state index in [-0.39, 0.29) is 24.5 Å². The van der Waals surface area contributed by atoms with Gasteiger partial charge in [0.05, 0.1) is 19.1 Å². The standard InChI is InChI=1S/C22H33N5O8/c1-11(2)7-16(22(34)35)26-20(32)15(9-18(24)30)25-21(33)17(10-28)27-19(31)14(23)8-12-3-5-13(29)6-4-12/h3-6,11,14-17,28-29H,7-10,23H2,1-2H3,(H2,24,30)(H,25,33)(H,26,32)(H,27,31)(H,34,35). The Kier molecular flexibility index (Phi) is 11.6. The number of primary amides is 1. The van der Waals surface area contributed by atoms with Gasteiger partial charge in [-0.05, 0) is 36.5 Å². The first-order valence-electron chi connectivity index (χ1n) is 10.9. The van der Waals surface area contributed by atoms with E-state index in [2.05, 4.69) is 16.0 Å². The van der Waals surface area contributed by atoms with Gasteiger partial charge in [0.25, 0.3) is 0 Å². The third kappa shape index (κ3) is 10.4. The smallest absolute Gasteiger partial charge is 0.326 e. The van der Waals surface area contributed by atoms with E-state index >= 15 is 0 Å². The summed E-state index contributed by atoms with van der Waals surface area (Å²) in [5, 5.41) is 35.0. The van der Waals surface area contributed by atoms with Crippen molar-refractivity contribution in [2.24, 2.45) is 17.4 Å². The maximum Gasteiger partial charge on any atom is 0.326 e. The number of nitrogens with two attached hydrogens (primary N) is 2. The van der Waals surface area contributed by atoms with Crippen molar-refractivity contribution in [2.75, 3.05) is 6.61 Å². The number of carbonyl (C=O) groups is 5. The van der Waals surface area contributed by atoms with Crippen molar-refractivity contribution in [3.05, 3.63) is 29.8 Å². The number of phenolic OH excluding ortho intramolecular Hbond substituents is 1. The van der Waals surface area contributed by atoms with Crippen molar-refractivity contribution in [1.29, 1.82) is 0 Å². The summed E-state index contributed by atoms with van der Waals surface area (Å²) in [6, 6.07) is 0.561. The number of carboxylic acids is 1. The van der Waals surface area contributed by atoms with Gasteiger partial charge in [0.15, 0.2) is 0 Å². The van der Waals surface area contributed by atoms with Crippen molar-refractivity contribution in [1.82, 2.24) is 16.0 Å². The molecular formula is C22H33N5O8. The zero-order chi connectivity index (χ0) is 26.7. The number of amides is 4. The molecule has 10 N–H and O–H groups in total. The molecule has 0 fully saturated rings. The molecular weight excluding hydrogens is 462 g/mol. The number of benzene rings is 1. The number of hydrogen-bond acceptors (Lipinski definition) is 8. The normalized spacial score (nSPS) is 14.3. The summed E-state index contributed by atoms with van der Waals surface area (Å²) in [7, 11) is 0. The fraction of sp³-hybridized carbons (Fsp3) is 0.500. The van der Waals surface area contributed by atoms with Gasteiger partial charge in [-0.2, -0.15) is 0 Å². The fourth-order valence-electron chi connectivity index (χ4n) is 3.10. The van der Waals surface area contributed by atoms with Crippen LogP contribution in [0.4, 0.5) is 0 Å². The zero-order valence-corrected chi connectivity index (χ0v) is 19.6. The van der Waals surface area contributed by atoms with E-state index in [0.29, 0.717) is 5.56 Å². The molecule has 0 radical (unpaired) electrons. The molecule has 4 atom stereocenters. The van der Waals surface area contributed by atoms with Crippen molar-refractivity contribution < 1.29 is 39.3 Å². The highest BCUT2D eigenvalue weighted by Crippen LogP contribution is 2.11. The largest absolute Gasteiger partial charge is 0.508 e. The molecule has 1 aromatic carbocycles. The molecule has 0 aliphatic rings. The molecule has 0 heterocycles. The molecule has 1 rings (SSSR count). The van der Waals surface area contributed by atoms with Crippen LogP contribution in [0.3, 0.4) is 0 Å². The topological polar surface area (TPSA) is 234 Å². The quantitative estimate of drug-likeness (QED) is 0.138. The van der Waals surface area contributed by atoms with Crippen LogP contribution in [0.1, 0.15) is 32.3 Å². The molecule has 35 heavy (non-hydrogen) atoms. The summed E-state index contributed by atoms with van der Waals surface area (Å²) in [6.45, 7) is 2.66. The molecule has 0 aliphatic heterocycles. The molecule has 1 aromatic rings. The number of aliphatic carboxylic acids is 1. The number of carbonyl (C=O) groups excluding carboxylic acids is 4. The van der Waals surface area contributed by atoms with Gasteiger partial charge in [-0.15, -0.1) is 0 Å². The molecule has 0 spiro atoms. The lowest BCUT2D eigenvalue weighted by molar-refractivity contribution is -0.143. The van der Waals surface area contributed by atoms with E-state index in [9.17, 15) is 39.3 Å². The number of hydrogen-bond donors (Lipinski definition) is 8. The Morgan fingerprint density at radius 3 is 1.89 bits per heavy atom. The molecule has 4 unspecified atom stereocenters. The van der Waals surface area contributed by atoms with E-state index in [0.717, 1.165) is 0 Å². The van der Waals surface area contributed by atoms with Crippen molar-refractivity contribution >= 4 is 29.6 Å². The van der Waals surface area contributed by atoms with Crippen molar-refractivity contribution in [3.63, 3.8) is 0 Å². The Bertz CT molecular complexity index is 906. The number of aliphatic hydroxyl groups excluding tert-OH is 1. The molecule has 0 aliphatic carbocycles. The van der Waals surface area contributed by atoms with Crippen molar-refractivity contribution in [2.45, 2.75) is 57.3 Å². The highest BCUT2D eigenvalue weighted by Gasteiger charge is 2.31. The number of nitrogens with one attached hydrogen (secondary N) is 3. The molecule has 0 bridgehead atoms. The minimum absolute atomic E-state index is 0.0391. The number of rotatable bonds is 14. The molecule has 0 saturated carbocycles. The van der Waals surface area contributed by atoms with Gasteiger partial charge in [0.1, 0.15) is 23.9 Å². The lowest BCUT2D eigenvalue weighted by Gasteiger charge is -2.24. The lowest BCUT2D eigenvalue weighted by atomic mass is 10.0. The van der Waals surface area contributed by atoms with Crippen LogP contribution in [0.15, 0.2) is 24.3 Å². The SMILES string of the molecule is CC(C)CC(NC(=O)C(CC(N)=O)NC(=O)C(CO)NC(=O)C(N)Cc1ccc(O)cc1)C(=O)O. The third-order valence-corrected chi connectivity index (χ3v) is 4.90. The Hall–Kier alpha value is -3.71. The van der Waals surface area contributed by atoms with Gasteiger partial charge in [0, 0.05) is 0 Å². The van der Waals surface area contributed by atoms with Crippen LogP contribution in [0, 0.1) is 5.92 Å². The number of aliphatic hydroxyl groups is 1. The highest BCUT2D eigenvalue weighted by molar-refractivity contribution is 5.96. The monoisotopic (exact) mass is 495 g/mol. The van der Waals surface area contributed by atoms with Crippen LogP contribution in [0.25, 0.3) is 0 Å². The van der Waals surface area contributed by atoms with E-state index in [4.69, 9.17) is 11.5 Å². The minimum Gasteiger partial charge on any atom is -0.508 e. The third-order valence-electron chi connectivity index (χ3n) is 4.90. The van der Waals surface area contributed by atoms with Crippen LogP contribution >= 0.6 is 0 Å². The minimum atomic E-state index is -1.54. The van der Waals surface area contributed by atoms with Crippen LogP contribution in [-0.2, 0) is 30.4 Å². The van der Waals surface area contributed by atoms with Gasteiger partial charge in [-0.25, -0.2) is 4.79 Å². The summed E-state index contributed by atoms with van der Waals surface area (Å²) >= 11 is 0.